The second-order valence-electron chi connectivity index (χ2n) is 9.70. The van der Waals surface area contributed by atoms with Gasteiger partial charge in [0.25, 0.3) is 11.8 Å². The largest absolute Gasteiger partial charge is 0.426 e. The standard InChI is InChI=1S/C25H24F8N6O3/c1-3-12-13(21(40)37-17-9-38(8-16(17)27)22(41)23(42,4-2)25(31,32)33)5-11(6-15(12)26)18-7-14(24(28,29)30)19-20(34)35-10-36-39(18)19/h5-7,10,16-17,42H,3-4,8-9H2,1-2H3,(H,37,40)(H2,34,35,36)/t16-,17+,23?/m0/s1. The van der Waals surface area contributed by atoms with Crippen LogP contribution in [0.1, 0.15) is 41.8 Å². The Morgan fingerprint density at radius 2 is 1.79 bits per heavy atom. The third kappa shape index (κ3) is 5.20. The Morgan fingerprint density at radius 3 is 2.36 bits per heavy atom. The third-order valence-electron chi connectivity index (χ3n) is 7.16. The van der Waals surface area contributed by atoms with Crippen LogP contribution in [0.2, 0.25) is 0 Å². The summed E-state index contributed by atoms with van der Waals surface area (Å²) in [6.07, 6.45) is -12.5. The van der Waals surface area contributed by atoms with Crippen molar-refractivity contribution in [1.29, 1.82) is 0 Å². The quantitative estimate of drug-likeness (QED) is 0.367. The van der Waals surface area contributed by atoms with Crippen LogP contribution in [0.15, 0.2) is 24.5 Å². The molecule has 3 heterocycles. The predicted octanol–water partition coefficient (Wildman–Crippen LogP) is 3.68. The van der Waals surface area contributed by atoms with Gasteiger partial charge < -0.3 is 21.1 Å². The number of amides is 2. The van der Waals surface area contributed by atoms with Gasteiger partial charge >= 0.3 is 12.4 Å². The molecular weight excluding hydrogens is 584 g/mol. The summed E-state index contributed by atoms with van der Waals surface area (Å²) in [6.45, 7) is 0.804. The number of hydrogen-bond acceptors (Lipinski definition) is 6. The highest BCUT2D eigenvalue weighted by atomic mass is 19.4. The van der Waals surface area contributed by atoms with E-state index >= 15 is 4.39 Å². The van der Waals surface area contributed by atoms with E-state index in [0.29, 0.717) is 11.0 Å². The van der Waals surface area contributed by atoms with E-state index in [9.17, 15) is 45.4 Å². The zero-order chi connectivity index (χ0) is 31.4. The van der Waals surface area contributed by atoms with Crippen molar-refractivity contribution < 1.29 is 49.8 Å². The summed E-state index contributed by atoms with van der Waals surface area (Å²) in [4.78, 5) is 29.7. The van der Waals surface area contributed by atoms with E-state index in [1.165, 1.54) is 6.92 Å². The monoisotopic (exact) mass is 608 g/mol. The van der Waals surface area contributed by atoms with Crippen LogP contribution in [-0.2, 0) is 17.4 Å². The number of fused-ring (bicyclic) bond motifs is 1. The summed E-state index contributed by atoms with van der Waals surface area (Å²) in [6, 6.07) is 1.05. The number of alkyl halides is 7. The van der Waals surface area contributed by atoms with Gasteiger partial charge in [-0.3, -0.25) is 9.59 Å². The first-order valence-corrected chi connectivity index (χ1v) is 12.5. The molecule has 0 saturated carbocycles. The number of nitrogens with one attached hydrogen (secondary N) is 1. The highest BCUT2D eigenvalue weighted by Crippen LogP contribution is 2.39. The Balaban J connectivity index is 1.69. The summed E-state index contributed by atoms with van der Waals surface area (Å²) in [5.41, 5.74) is -1.04. The van der Waals surface area contributed by atoms with Gasteiger partial charge in [-0.25, -0.2) is 18.3 Å². The number of nitrogens with zero attached hydrogens (tertiary/aromatic N) is 4. The van der Waals surface area contributed by atoms with Gasteiger partial charge in [-0.15, -0.1) is 0 Å². The number of benzene rings is 1. The lowest BCUT2D eigenvalue weighted by Gasteiger charge is -2.31. The zero-order valence-electron chi connectivity index (χ0n) is 21.9. The molecule has 4 rings (SSSR count). The molecule has 2 amide bonds. The number of hydrogen-bond donors (Lipinski definition) is 3. The number of halogens is 8. The average molecular weight is 608 g/mol. The number of anilines is 1. The van der Waals surface area contributed by atoms with Crippen molar-refractivity contribution in [3.63, 3.8) is 0 Å². The van der Waals surface area contributed by atoms with Crippen LogP contribution in [0, 0.1) is 5.82 Å². The number of rotatable bonds is 6. The SMILES string of the molecule is CCc1c(F)cc(-c2cc(C(F)(F)F)c3c(N)ncnn23)cc1C(=O)N[C@@H]1CN(C(=O)C(O)(CC)C(F)(F)F)C[C@@H]1F. The predicted molar refractivity (Wildman–Crippen MR) is 131 cm³/mol. The Labute approximate surface area is 232 Å². The molecule has 0 bridgehead atoms. The van der Waals surface area contributed by atoms with Gasteiger partial charge in [0.15, 0.2) is 5.82 Å². The summed E-state index contributed by atoms with van der Waals surface area (Å²) in [5, 5.41) is 15.9. The molecule has 1 aliphatic rings. The number of carbonyl (C=O) groups is 2. The number of aromatic nitrogens is 3. The maximum Gasteiger partial charge on any atom is 0.426 e. The molecule has 42 heavy (non-hydrogen) atoms. The second-order valence-corrected chi connectivity index (χ2v) is 9.70. The fourth-order valence-electron chi connectivity index (χ4n) is 4.88. The summed E-state index contributed by atoms with van der Waals surface area (Å²) in [5.74, 6) is -4.38. The Hall–Kier alpha value is -4.02. The minimum Gasteiger partial charge on any atom is -0.382 e. The first kappa shape index (κ1) is 30.9. The smallest absolute Gasteiger partial charge is 0.382 e. The Morgan fingerprint density at radius 1 is 1.12 bits per heavy atom. The highest BCUT2D eigenvalue weighted by Gasteiger charge is 2.60. The summed E-state index contributed by atoms with van der Waals surface area (Å²) >= 11 is 0. The van der Waals surface area contributed by atoms with Gasteiger partial charge in [0.2, 0.25) is 5.60 Å². The number of nitrogens with two attached hydrogens (primary N) is 1. The third-order valence-corrected chi connectivity index (χ3v) is 7.16. The lowest BCUT2D eigenvalue weighted by Crippen LogP contribution is -2.57. The Kier molecular flexibility index (Phi) is 7.86. The molecule has 17 heteroatoms. The fraction of sp³-hybridized carbons (Fsp3) is 0.440. The zero-order valence-corrected chi connectivity index (χ0v) is 21.9. The van der Waals surface area contributed by atoms with Crippen molar-refractivity contribution in [3.05, 3.63) is 47.0 Å². The molecule has 0 aliphatic carbocycles. The van der Waals surface area contributed by atoms with Crippen LogP contribution in [0.3, 0.4) is 0 Å². The van der Waals surface area contributed by atoms with Gasteiger partial charge in [0, 0.05) is 23.2 Å². The van der Waals surface area contributed by atoms with E-state index in [-0.39, 0.29) is 23.2 Å². The molecule has 1 saturated heterocycles. The van der Waals surface area contributed by atoms with Crippen LogP contribution in [0.5, 0.6) is 0 Å². The molecule has 1 aromatic carbocycles. The van der Waals surface area contributed by atoms with Gasteiger partial charge in [-0.2, -0.15) is 31.4 Å². The summed E-state index contributed by atoms with van der Waals surface area (Å²) < 4.78 is 112. The van der Waals surface area contributed by atoms with Crippen LogP contribution in [0.4, 0.5) is 40.9 Å². The maximum absolute atomic E-state index is 15.2. The molecule has 1 aliphatic heterocycles. The normalized spacial score (nSPS) is 19.3. The van der Waals surface area contributed by atoms with E-state index in [1.807, 2.05) is 0 Å². The van der Waals surface area contributed by atoms with Crippen LogP contribution >= 0.6 is 0 Å². The van der Waals surface area contributed by atoms with Crippen molar-refractivity contribution in [1.82, 2.24) is 24.8 Å². The molecule has 0 spiro atoms. The van der Waals surface area contributed by atoms with E-state index < -0.39 is 89.8 Å². The van der Waals surface area contributed by atoms with Crippen LogP contribution < -0.4 is 11.1 Å². The average Bonchev–Trinajstić information content (AvgIpc) is 3.48. The van der Waals surface area contributed by atoms with Crippen molar-refractivity contribution in [2.75, 3.05) is 18.8 Å². The van der Waals surface area contributed by atoms with Crippen LogP contribution in [0.25, 0.3) is 16.8 Å². The van der Waals surface area contributed by atoms with Crippen molar-refractivity contribution in [2.45, 2.75) is 56.9 Å². The van der Waals surface area contributed by atoms with Crippen LogP contribution in [-0.4, -0.2) is 73.5 Å². The van der Waals surface area contributed by atoms with Gasteiger partial charge in [0.1, 0.15) is 23.8 Å². The molecule has 1 unspecified atom stereocenters. The van der Waals surface area contributed by atoms with Crippen molar-refractivity contribution in [2.24, 2.45) is 0 Å². The molecule has 1 fully saturated rings. The minimum absolute atomic E-state index is 0.0733. The number of nitrogen functional groups attached to an aromatic ring is 1. The molecule has 9 nitrogen and oxygen atoms in total. The van der Waals surface area contributed by atoms with E-state index in [0.717, 1.165) is 29.9 Å². The first-order valence-electron chi connectivity index (χ1n) is 12.5. The van der Waals surface area contributed by atoms with E-state index in [1.54, 1.807) is 0 Å². The molecule has 3 atom stereocenters. The minimum atomic E-state index is -5.34. The number of carbonyl (C=O) groups excluding carboxylic acids is 2. The highest BCUT2D eigenvalue weighted by molar-refractivity contribution is 5.97. The van der Waals surface area contributed by atoms with Gasteiger partial charge in [-0.05, 0) is 31.0 Å². The Bertz CT molecular complexity index is 1540. The van der Waals surface area contributed by atoms with E-state index in [4.69, 9.17) is 5.73 Å². The van der Waals surface area contributed by atoms with Gasteiger partial charge in [0.05, 0.1) is 23.8 Å². The maximum atomic E-state index is 15.2. The summed E-state index contributed by atoms with van der Waals surface area (Å²) in [7, 11) is 0. The van der Waals surface area contributed by atoms with Crippen molar-refractivity contribution >= 4 is 23.1 Å². The van der Waals surface area contributed by atoms with Gasteiger partial charge in [-0.1, -0.05) is 13.8 Å². The molecule has 4 N–H and O–H groups in total. The number of likely N-dealkylation sites (tertiary alicyclic amines) is 1. The second kappa shape index (κ2) is 10.7. The number of aliphatic hydroxyl groups is 1. The first-order chi connectivity index (χ1) is 19.4. The lowest BCUT2D eigenvalue weighted by molar-refractivity contribution is -0.256. The fourth-order valence-corrected chi connectivity index (χ4v) is 4.88. The van der Waals surface area contributed by atoms with Crippen molar-refractivity contribution in [3.8, 4) is 11.3 Å². The molecular formula is C25H24F8N6O3. The van der Waals surface area contributed by atoms with E-state index in [2.05, 4.69) is 15.4 Å². The molecule has 0 radical (unpaired) electrons. The molecule has 228 valence electrons. The lowest BCUT2D eigenvalue weighted by atomic mass is 9.98. The topological polar surface area (TPSA) is 126 Å². The molecule has 3 aromatic rings. The molecule has 2 aromatic heterocycles.